The molecular weight excluding hydrogens is 238 g/mol. The van der Waals surface area contributed by atoms with Gasteiger partial charge in [-0.3, -0.25) is 4.79 Å². The van der Waals surface area contributed by atoms with Gasteiger partial charge in [-0.2, -0.15) is 0 Å². The summed E-state index contributed by atoms with van der Waals surface area (Å²) in [5.74, 6) is 0.305. The summed E-state index contributed by atoms with van der Waals surface area (Å²) in [6, 6.07) is 0.392. The fourth-order valence-electron chi connectivity index (χ4n) is 3.65. The van der Waals surface area contributed by atoms with E-state index in [-0.39, 0.29) is 11.5 Å². The minimum atomic E-state index is -0.323. The molecule has 0 aromatic carbocycles. The largest absolute Gasteiger partial charge is 0.338 e. The highest BCUT2D eigenvalue weighted by molar-refractivity contribution is 5.84. The van der Waals surface area contributed by atoms with Gasteiger partial charge in [0.05, 0.1) is 5.41 Å². The van der Waals surface area contributed by atoms with Crippen LogP contribution in [0.25, 0.3) is 0 Å². The molecule has 1 saturated carbocycles. The van der Waals surface area contributed by atoms with E-state index < -0.39 is 0 Å². The molecule has 2 fully saturated rings. The van der Waals surface area contributed by atoms with Crippen LogP contribution in [0.2, 0.25) is 0 Å². The van der Waals surface area contributed by atoms with Crippen LogP contribution in [0.15, 0.2) is 0 Å². The van der Waals surface area contributed by atoms with Crippen molar-refractivity contribution in [3.05, 3.63) is 0 Å². The van der Waals surface area contributed by atoms with Gasteiger partial charge in [0.2, 0.25) is 5.91 Å². The van der Waals surface area contributed by atoms with Crippen LogP contribution < -0.4 is 5.73 Å². The molecule has 0 aromatic rings. The van der Waals surface area contributed by atoms with Crippen LogP contribution in [0.5, 0.6) is 0 Å². The molecule has 2 rings (SSSR count). The first-order valence-corrected chi connectivity index (χ1v) is 7.74. The van der Waals surface area contributed by atoms with Gasteiger partial charge in [0, 0.05) is 25.2 Å². The molecule has 3 atom stereocenters. The summed E-state index contributed by atoms with van der Waals surface area (Å²) in [5, 5.41) is 0. The molecule has 0 aromatic heterocycles. The van der Waals surface area contributed by atoms with Gasteiger partial charge in [-0.05, 0) is 46.2 Å². The van der Waals surface area contributed by atoms with Gasteiger partial charge in [-0.1, -0.05) is 13.3 Å². The smallest absolute Gasteiger partial charge is 0.230 e. The van der Waals surface area contributed by atoms with Gasteiger partial charge in [0.1, 0.15) is 0 Å². The third kappa shape index (κ3) is 2.79. The second kappa shape index (κ2) is 5.80. The number of nitrogens with two attached hydrogens (primary N) is 1. The van der Waals surface area contributed by atoms with Crippen LogP contribution in [-0.4, -0.2) is 54.5 Å². The van der Waals surface area contributed by atoms with Crippen molar-refractivity contribution in [2.24, 2.45) is 11.1 Å². The Balaban J connectivity index is 2.16. The number of amides is 1. The average molecular weight is 267 g/mol. The third-order valence-electron chi connectivity index (χ3n) is 5.15. The van der Waals surface area contributed by atoms with E-state index >= 15 is 0 Å². The van der Waals surface area contributed by atoms with E-state index in [1.165, 1.54) is 0 Å². The molecule has 4 nitrogen and oxygen atoms in total. The van der Waals surface area contributed by atoms with E-state index in [2.05, 4.69) is 30.7 Å². The molecule has 1 aliphatic heterocycles. The number of rotatable bonds is 2. The van der Waals surface area contributed by atoms with Gasteiger partial charge in [0.15, 0.2) is 0 Å². The first-order chi connectivity index (χ1) is 8.99. The number of carbonyl (C=O) groups excluding carboxylic acids is 1. The van der Waals surface area contributed by atoms with Crippen molar-refractivity contribution in [3.63, 3.8) is 0 Å². The first-order valence-electron chi connectivity index (χ1n) is 7.74. The Hall–Kier alpha value is -0.610. The Bertz CT molecular complexity index is 333. The number of hydrogen-bond donors (Lipinski definition) is 1. The molecule has 1 saturated heterocycles. The summed E-state index contributed by atoms with van der Waals surface area (Å²) < 4.78 is 0. The first kappa shape index (κ1) is 14.8. The van der Waals surface area contributed by atoms with Gasteiger partial charge < -0.3 is 15.5 Å². The van der Waals surface area contributed by atoms with Gasteiger partial charge in [-0.15, -0.1) is 0 Å². The Labute approximate surface area is 117 Å². The third-order valence-corrected chi connectivity index (χ3v) is 5.15. The fraction of sp³-hybridized carbons (Fsp3) is 0.933. The van der Waals surface area contributed by atoms with Crippen LogP contribution in [0.3, 0.4) is 0 Å². The quantitative estimate of drug-likeness (QED) is 0.824. The molecule has 0 spiro atoms. The van der Waals surface area contributed by atoms with Crippen molar-refractivity contribution >= 4 is 5.91 Å². The number of carbonyl (C=O) groups is 1. The molecule has 2 N–H and O–H groups in total. The van der Waals surface area contributed by atoms with Gasteiger partial charge in [-0.25, -0.2) is 0 Å². The van der Waals surface area contributed by atoms with Crippen molar-refractivity contribution in [2.45, 2.75) is 58.0 Å². The monoisotopic (exact) mass is 267 g/mol. The zero-order valence-electron chi connectivity index (χ0n) is 12.7. The van der Waals surface area contributed by atoms with E-state index in [0.29, 0.717) is 11.9 Å². The summed E-state index contributed by atoms with van der Waals surface area (Å²) >= 11 is 0. The summed E-state index contributed by atoms with van der Waals surface area (Å²) in [7, 11) is 2.15. The van der Waals surface area contributed by atoms with Crippen molar-refractivity contribution in [3.8, 4) is 0 Å². The maximum Gasteiger partial charge on any atom is 0.230 e. The summed E-state index contributed by atoms with van der Waals surface area (Å²) in [6.07, 6.45) is 5.14. The van der Waals surface area contributed by atoms with E-state index in [4.69, 9.17) is 5.73 Å². The van der Waals surface area contributed by atoms with Crippen molar-refractivity contribution in [1.82, 2.24) is 9.80 Å². The van der Waals surface area contributed by atoms with E-state index in [1.807, 2.05) is 0 Å². The lowest BCUT2D eigenvalue weighted by Crippen LogP contribution is -2.53. The molecule has 1 amide bonds. The molecule has 1 heterocycles. The Kier molecular flexibility index (Phi) is 4.51. The number of hydrogen-bond acceptors (Lipinski definition) is 3. The Morgan fingerprint density at radius 3 is 2.68 bits per heavy atom. The van der Waals surface area contributed by atoms with Crippen LogP contribution in [0.4, 0.5) is 0 Å². The molecule has 2 aliphatic rings. The molecule has 4 heteroatoms. The van der Waals surface area contributed by atoms with E-state index in [9.17, 15) is 4.79 Å². The summed E-state index contributed by atoms with van der Waals surface area (Å²) in [4.78, 5) is 17.5. The standard InChI is InChI=1S/C15H29N3O/c1-4-12-11-17(3)9-6-10-18(12)14(19)15(2)8-5-7-13(15)16/h12-13H,4-11,16H2,1-3H3. The second-order valence-electron chi connectivity index (χ2n) is 6.59. The molecule has 3 unspecified atom stereocenters. The highest BCUT2D eigenvalue weighted by atomic mass is 16.2. The molecule has 0 bridgehead atoms. The predicted molar refractivity (Wildman–Crippen MR) is 77.8 cm³/mol. The molecular formula is C15H29N3O. The van der Waals surface area contributed by atoms with Gasteiger partial charge >= 0.3 is 0 Å². The van der Waals surface area contributed by atoms with Crippen LogP contribution in [0.1, 0.15) is 46.0 Å². The topological polar surface area (TPSA) is 49.6 Å². The van der Waals surface area contributed by atoms with Crippen molar-refractivity contribution in [2.75, 3.05) is 26.7 Å². The van der Waals surface area contributed by atoms with Crippen molar-refractivity contribution < 1.29 is 4.79 Å². The maximum absolute atomic E-state index is 13.0. The van der Waals surface area contributed by atoms with Crippen LogP contribution in [0, 0.1) is 5.41 Å². The summed E-state index contributed by atoms with van der Waals surface area (Å²) in [6.45, 7) is 7.23. The highest BCUT2D eigenvalue weighted by Crippen LogP contribution is 2.39. The minimum absolute atomic E-state index is 0.0403. The molecule has 0 radical (unpaired) electrons. The van der Waals surface area contributed by atoms with E-state index in [1.54, 1.807) is 0 Å². The minimum Gasteiger partial charge on any atom is -0.338 e. The maximum atomic E-state index is 13.0. The zero-order chi connectivity index (χ0) is 14.0. The Morgan fingerprint density at radius 2 is 2.11 bits per heavy atom. The molecule has 110 valence electrons. The van der Waals surface area contributed by atoms with Crippen LogP contribution >= 0.6 is 0 Å². The second-order valence-corrected chi connectivity index (χ2v) is 6.59. The lowest BCUT2D eigenvalue weighted by molar-refractivity contribution is -0.144. The summed E-state index contributed by atoms with van der Waals surface area (Å²) in [5.41, 5.74) is 5.89. The van der Waals surface area contributed by atoms with Crippen LogP contribution in [-0.2, 0) is 4.79 Å². The van der Waals surface area contributed by atoms with E-state index in [0.717, 1.165) is 51.7 Å². The average Bonchev–Trinajstić information content (AvgIpc) is 2.62. The number of likely N-dealkylation sites (N-methyl/N-ethyl adjacent to an activating group) is 1. The lowest BCUT2D eigenvalue weighted by Gasteiger charge is -2.38. The van der Waals surface area contributed by atoms with Gasteiger partial charge in [0.25, 0.3) is 0 Å². The number of nitrogens with zero attached hydrogens (tertiary/aromatic N) is 2. The highest BCUT2D eigenvalue weighted by Gasteiger charge is 2.46. The lowest BCUT2D eigenvalue weighted by atomic mass is 9.83. The molecule has 19 heavy (non-hydrogen) atoms. The van der Waals surface area contributed by atoms with Crippen molar-refractivity contribution in [1.29, 1.82) is 0 Å². The normalized spacial score (nSPS) is 37.4. The SMILES string of the molecule is CCC1CN(C)CCCN1C(=O)C1(C)CCCC1N. The molecule has 1 aliphatic carbocycles. The Morgan fingerprint density at radius 1 is 1.37 bits per heavy atom. The predicted octanol–water partition coefficient (Wildman–Crippen LogP) is 1.45. The zero-order valence-corrected chi connectivity index (χ0v) is 12.7. The fourth-order valence-corrected chi connectivity index (χ4v) is 3.65.